The van der Waals surface area contributed by atoms with Crippen LogP contribution in [0.15, 0.2) is 18.2 Å². The van der Waals surface area contributed by atoms with Crippen LogP contribution >= 0.6 is 11.6 Å². The average molecular weight is 280 g/mol. The molecule has 6 heteroatoms. The molecule has 0 saturated heterocycles. The zero-order chi connectivity index (χ0) is 13.4. The molecule has 96 valence electrons. The average Bonchev–Trinajstić information content (AvgIpc) is 2.19. The lowest BCUT2D eigenvalue weighted by Crippen LogP contribution is -2.42. The second kappa shape index (κ2) is 4.55. The number of hydrogen-bond acceptors (Lipinski definition) is 3. The molecule has 0 fully saturated rings. The van der Waals surface area contributed by atoms with Gasteiger partial charge in [0.15, 0.2) is 9.84 Å². The molecule has 1 aromatic rings. The van der Waals surface area contributed by atoms with Crippen molar-refractivity contribution in [1.29, 1.82) is 0 Å². The van der Waals surface area contributed by atoms with Crippen molar-refractivity contribution >= 4 is 21.4 Å². The number of benzene rings is 1. The Morgan fingerprint density at radius 2 is 1.94 bits per heavy atom. The van der Waals surface area contributed by atoms with E-state index in [0.717, 1.165) is 6.26 Å². The fourth-order valence-electron chi connectivity index (χ4n) is 1.36. The standard InChI is InChI=1S/C11H15ClFNO2S/c1-11(2,17(3,15)16)10(14)8-6-7(13)4-5-9(8)12/h4-6,10H,14H2,1-3H3. The van der Waals surface area contributed by atoms with Gasteiger partial charge < -0.3 is 5.73 Å². The van der Waals surface area contributed by atoms with Crippen LogP contribution in [0.1, 0.15) is 25.5 Å². The number of halogens is 2. The first kappa shape index (κ1) is 14.4. The molecule has 0 aromatic heterocycles. The topological polar surface area (TPSA) is 60.2 Å². The van der Waals surface area contributed by atoms with Crippen molar-refractivity contribution in [3.63, 3.8) is 0 Å². The molecule has 0 radical (unpaired) electrons. The molecule has 1 unspecified atom stereocenters. The fourth-order valence-corrected chi connectivity index (χ4v) is 2.18. The Morgan fingerprint density at radius 1 is 1.41 bits per heavy atom. The number of sulfone groups is 1. The van der Waals surface area contributed by atoms with E-state index in [1.165, 1.54) is 32.0 Å². The Morgan fingerprint density at radius 3 is 2.41 bits per heavy atom. The number of rotatable bonds is 3. The molecular weight excluding hydrogens is 265 g/mol. The van der Waals surface area contributed by atoms with Gasteiger partial charge in [-0.3, -0.25) is 0 Å². The van der Waals surface area contributed by atoms with Gasteiger partial charge in [-0.25, -0.2) is 12.8 Å². The molecule has 17 heavy (non-hydrogen) atoms. The Kier molecular flexibility index (Phi) is 3.86. The maximum atomic E-state index is 13.1. The van der Waals surface area contributed by atoms with Crippen molar-refractivity contribution in [2.45, 2.75) is 24.6 Å². The third kappa shape index (κ3) is 2.78. The first-order valence-electron chi connectivity index (χ1n) is 4.97. The quantitative estimate of drug-likeness (QED) is 0.923. The van der Waals surface area contributed by atoms with Crippen LogP contribution in [0, 0.1) is 5.82 Å². The molecule has 0 aliphatic rings. The molecule has 0 bridgehead atoms. The highest BCUT2D eigenvalue weighted by molar-refractivity contribution is 7.92. The first-order valence-corrected chi connectivity index (χ1v) is 7.24. The molecule has 1 aromatic carbocycles. The lowest BCUT2D eigenvalue weighted by Gasteiger charge is -2.30. The normalized spacial score (nSPS) is 14.7. The summed E-state index contributed by atoms with van der Waals surface area (Å²) in [5.41, 5.74) is 6.19. The summed E-state index contributed by atoms with van der Waals surface area (Å²) in [4.78, 5) is 0. The van der Waals surface area contributed by atoms with Gasteiger partial charge in [0.25, 0.3) is 0 Å². The van der Waals surface area contributed by atoms with Gasteiger partial charge in [-0.15, -0.1) is 0 Å². The summed E-state index contributed by atoms with van der Waals surface area (Å²) in [6.45, 7) is 2.99. The van der Waals surface area contributed by atoms with Crippen molar-refractivity contribution in [2.24, 2.45) is 5.73 Å². The molecular formula is C11H15ClFNO2S. The van der Waals surface area contributed by atoms with Crippen molar-refractivity contribution in [2.75, 3.05) is 6.26 Å². The highest BCUT2D eigenvalue weighted by Gasteiger charge is 2.38. The van der Waals surface area contributed by atoms with Gasteiger partial charge in [0.05, 0.1) is 10.8 Å². The van der Waals surface area contributed by atoms with Gasteiger partial charge in [-0.1, -0.05) is 11.6 Å². The SMILES string of the molecule is CC(C)(C(N)c1cc(F)ccc1Cl)S(C)(=O)=O. The highest BCUT2D eigenvalue weighted by atomic mass is 35.5. The summed E-state index contributed by atoms with van der Waals surface area (Å²) >= 11 is 5.91. The van der Waals surface area contributed by atoms with Crippen molar-refractivity contribution in [3.8, 4) is 0 Å². The van der Waals surface area contributed by atoms with E-state index < -0.39 is 26.4 Å². The molecule has 3 nitrogen and oxygen atoms in total. The molecule has 1 rings (SSSR count). The second-order valence-corrected chi connectivity index (χ2v) is 7.52. The molecule has 0 amide bonds. The van der Waals surface area contributed by atoms with E-state index in [9.17, 15) is 12.8 Å². The summed E-state index contributed by atoms with van der Waals surface area (Å²) in [6.07, 6.45) is 1.10. The third-order valence-electron chi connectivity index (χ3n) is 3.00. The monoisotopic (exact) mass is 279 g/mol. The van der Waals surface area contributed by atoms with Crippen LogP contribution in [0.5, 0.6) is 0 Å². The maximum Gasteiger partial charge on any atom is 0.154 e. The molecule has 0 saturated carbocycles. The van der Waals surface area contributed by atoms with E-state index in [-0.39, 0.29) is 5.02 Å². The van der Waals surface area contributed by atoms with Gasteiger partial charge in [0.2, 0.25) is 0 Å². The lowest BCUT2D eigenvalue weighted by molar-refractivity contribution is 0.494. The van der Waals surface area contributed by atoms with E-state index in [1.807, 2.05) is 0 Å². The van der Waals surface area contributed by atoms with Crippen LogP contribution in [-0.4, -0.2) is 19.4 Å². The van der Waals surface area contributed by atoms with E-state index in [0.29, 0.717) is 5.56 Å². The predicted molar refractivity (Wildman–Crippen MR) is 67.3 cm³/mol. The minimum absolute atomic E-state index is 0.260. The summed E-state index contributed by atoms with van der Waals surface area (Å²) < 4.78 is 35.2. The van der Waals surface area contributed by atoms with Gasteiger partial charge in [0, 0.05) is 11.3 Å². The molecule has 2 N–H and O–H groups in total. The van der Waals surface area contributed by atoms with Crippen molar-refractivity contribution in [3.05, 3.63) is 34.6 Å². The number of hydrogen-bond donors (Lipinski definition) is 1. The van der Waals surface area contributed by atoms with Crippen LogP contribution in [0.4, 0.5) is 4.39 Å². The molecule has 0 aliphatic heterocycles. The first-order chi connectivity index (χ1) is 7.57. The van der Waals surface area contributed by atoms with E-state index >= 15 is 0 Å². The van der Waals surface area contributed by atoms with Gasteiger partial charge in [0.1, 0.15) is 5.82 Å². The predicted octanol–water partition coefficient (Wildman–Crippen LogP) is 2.30. The minimum Gasteiger partial charge on any atom is -0.323 e. The summed E-state index contributed by atoms with van der Waals surface area (Å²) in [7, 11) is -3.39. The Hall–Kier alpha value is -0.650. The molecule has 0 spiro atoms. The van der Waals surface area contributed by atoms with Crippen LogP contribution < -0.4 is 5.73 Å². The molecule has 1 atom stereocenters. The van der Waals surface area contributed by atoms with E-state index in [2.05, 4.69) is 0 Å². The summed E-state index contributed by atoms with van der Waals surface area (Å²) in [5.74, 6) is -0.496. The van der Waals surface area contributed by atoms with Crippen molar-refractivity contribution < 1.29 is 12.8 Å². The smallest absolute Gasteiger partial charge is 0.154 e. The van der Waals surface area contributed by atoms with Crippen LogP contribution in [0.25, 0.3) is 0 Å². The van der Waals surface area contributed by atoms with Gasteiger partial charge in [-0.05, 0) is 37.6 Å². The van der Waals surface area contributed by atoms with Crippen LogP contribution in [-0.2, 0) is 9.84 Å². The third-order valence-corrected chi connectivity index (χ3v) is 5.51. The van der Waals surface area contributed by atoms with Gasteiger partial charge in [-0.2, -0.15) is 0 Å². The van der Waals surface area contributed by atoms with Gasteiger partial charge >= 0.3 is 0 Å². The van der Waals surface area contributed by atoms with Crippen LogP contribution in [0.3, 0.4) is 0 Å². The van der Waals surface area contributed by atoms with E-state index in [4.69, 9.17) is 17.3 Å². The Labute approximate surface area is 106 Å². The minimum atomic E-state index is -3.39. The summed E-state index contributed by atoms with van der Waals surface area (Å²) in [5, 5.41) is 0.260. The van der Waals surface area contributed by atoms with Crippen LogP contribution in [0.2, 0.25) is 5.02 Å². The second-order valence-electron chi connectivity index (χ2n) is 4.52. The highest BCUT2D eigenvalue weighted by Crippen LogP contribution is 2.34. The molecule has 0 heterocycles. The van der Waals surface area contributed by atoms with Crippen molar-refractivity contribution in [1.82, 2.24) is 0 Å². The summed E-state index contributed by atoms with van der Waals surface area (Å²) in [6, 6.07) is 2.84. The Bertz CT molecular complexity index is 528. The maximum absolute atomic E-state index is 13.1. The lowest BCUT2D eigenvalue weighted by atomic mass is 9.96. The van der Waals surface area contributed by atoms with E-state index in [1.54, 1.807) is 0 Å². The number of nitrogens with two attached hydrogens (primary N) is 1. The molecule has 0 aliphatic carbocycles. The fraction of sp³-hybridized carbons (Fsp3) is 0.455. The largest absolute Gasteiger partial charge is 0.323 e. The zero-order valence-electron chi connectivity index (χ0n) is 9.87. The Balaban J connectivity index is 3.30. The zero-order valence-corrected chi connectivity index (χ0v) is 11.4.